The highest BCUT2D eigenvalue weighted by molar-refractivity contribution is 7.92. The van der Waals surface area contributed by atoms with E-state index in [2.05, 4.69) is 4.98 Å². The average molecular weight is 485 g/mol. The van der Waals surface area contributed by atoms with Gasteiger partial charge in [0.15, 0.2) is 0 Å². The van der Waals surface area contributed by atoms with E-state index in [1.807, 2.05) is 0 Å². The molecule has 0 amide bonds. The van der Waals surface area contributed by atoms with Crippen molar-refractivity contribution in [1.82, 2.24) is 14.1 Å². The summed E-state index contributed by atoms with van der Waals surface area (Å²) in [6.45, 7) is 3.05. The van der Waals surface area contributed by atoms with Crippen molar-refractivity contribution in [3.05, 3.63) is 70.0 Å². The van der Waals surface area contributed by atoms with Crippen LogP contribution in [0.15, 0.2) is 52.4 Å². The fourth-order valence-corrected chi connectivity index (χ4v) is 3.85. The third-order valence-electron chi connectivity index (χ3n) is 4.81. The lowest BCUT2D eigenvalue weighted by molar-refractivity contribution is -0.0436. The van der Waals surface area contributed by atoms with Gasteiger partial charge in [-0.05, 0) is 49.7 Å². The summed E-state index contributed by atoms with van der Waals surface area (Å²) in [6, 6.07) is 4.83. The van der Waals surface area contributed by atoms with Gasteiger partial charge in [-0.25, -0.2) is 22.6 Å². The Kier molecular flexibility index (Phi) is 6.36. The van der Waals surface area contributed by atoms with Gasteiger partial charge in [-0.3, -0.25) is 9.55 Å². The predicted octanol–water partition coefficient (Wildman–Crippen LogP) is 2.57. The number of aromatic nitrogens is 3. The number of esters is 1. The molecule has 9 nitrogen and oxygen atoms in total. The second kappa shape index (κ2) is 8.73. The smallest absolute Gasteiger partial charge is 0.493 e. The molecule has 0 aliphatic heterocycles. The second-order valence-electron chi connectivity index (χ2n) is 6.81. The Morgan fingerprint density at radius 2 is 1.82 bits per heavy atom. The quantitative estimate of drug-likeness (QED) is 0.533. The van der Waals surface area contributed by atoms with Crippen molar-refractivity contribution in [2.24, 2.45) is 0 Å². The van der Waals surface area contributed by atoms with Crippen LogP contribution in [-0.4, -0.2) is 45.7 Å². The van der Waals surface area contributed by atoms with Crippen molar-refractivity contribution >= 4 is 15.8 Å². The van der Waals surface area contributed by atoms with Gasteiger partial charge in [-0.1, -0.05) is 0 Å². The lowest BCUT2D eigenvalue weighted by Gasteiger charge is -2.09. The van der Waals surface area contributed by atoms with E-state index in [0.29, 0.717) is 17.7 Å². The lowest BCUT2D eigenvalue weighted by atomic mass is 10.1. The molecule has 0 aliphatic rings. The van der Waals surface area contributed by atoms with Crippen LogP contribution in [0.2, 0.25) is 0 Å². The Bertz CT molecular complexity index is 1360. The van der Waals surface area contributed by atoms with Crippen LogP contribution in [0, 0.1) is 6.92 Å². The molecule has 3 rings (SSSR count). The van der Waals surface area contributed by atoms with Crippen molar-refractivity contribution in [2.45, 2.75) is 30.8 Å². The molecule has 0 saturated heterocycles. The minimum atomic E-state index is -5.56. The molecule has 0 radical (unpaired) electrons. The molecule has 0 unspecified atom stereocenters. The van der Waals surface area contributed by atoms with Crippen LogP contribution >= 0.6 is 0 Å². The number of aromatic hydroxyl groups is 1. The summed E-state index contributed by atoms with van der Waals surface area (Å²) in [6.07, 6.45) is 2.69. The highest BCUT2D eigenvalue weighted by Crippen LogP contribution is 2.31. The normalized spacial score (nSPS) is 12.0. The number of hydrogen-bond acceptors (Lipinski definition) is 7. The van der Waals surface area contributed by atoms with Gasteiger partial charge in [0.05, 0.1) is 35.0 Å². The minimum absolute atomic E-state index is 0.0548. The van der Waals surface area contributed by atoms with Crippen LogP contribution in [-0.2, 0) is 21.1 Å². The summed E-state index contributed by atoms with van der Waals surface area (Å²) in [5.74, 6) is -1.14. The molecule has 2 heterocycles. The Morgan fingerprint density at radius 3 is 2.39 bits per heavy atom. The first-order valence-corrected chi connectivity index (χ1v) is 10.9. The molecular formula is C20H18F3N3O6S. The molecule has 0 bridgehead atoms. The zero-order chi connectivity index (χ0) is 24.6. The first-order chi connectivity index (χ1) is 15.4. The van der Waals surface area contributed by atoms with Gasteiger partial charge in [0.1, 0.15) is 0 Å². The largest absolute Gasteiger partial charge is 0.501 e. The van der Waals surface area contributed by atoms with Crippen molar-refractivity contribution in [3.63, 3.8) is 0 Å². The molecule has 3 aromatic rings. The molecule has 0 saturated carbocycles. The fraction of sp³-hybridized carbons (Fsp3) is 0.250. The molecule has 33 heavy (non-hydrogen) atoms. The van der Waals surface area contributed by atoms with E-state index in [4.69, 9.17) is 4.74 Å². The summed E-state index contributed by atoms with van der Waals surface area (Å²) in [4.78, 5) is 28.0. The average Bonchev–Trinajstić information content (AvgIpc) is 2.96. The van der Waals surface area contributed by atoms with Crippen LogP contribution in [0.3, 0.4) is 0 Å². The number of pyridine rings is 1. The van der Waals surface area contributed by atoms with Gasteiger partial charge < -0.3 is 9.84 Å². The second-order valence-corrected chi connectivity index (χ2v) is 8.75. The monoisotopic (exact) mass is 485 g/mol. The zero-order valence-corrected chi connectivity index (χ0v) is 18.1. The number of sulfone groups is 1. The number of nitrogens with zero attached hydrogens (tertiary/aromatic N) is 3. The predicted molar refractivity (Wildman–Crippen MR) is 109 cm³/mol. The number of ether oxygens (including phenoxy) is 1. The maximum atomic E-state index is 13.0. The van der Waals surface area contributed by atoms with E-state index >= 15 is 0 Å². The molecular weight excluding hydrogens is 467 g/mol. The van der Waals surface area contributed by atoms with Crippen molar-refractivity contribution in [1.29, 1.82) is 0 Å². The van der Waals surface area contributed by atoms with E-state index in [9.17, 15) is 36.3 Å². The summed E-state index contributed by atoms with van der Waals surface area (Å²) in [7, 11) is -5.56. The third kappa shape index (κ3) is 4.35. The minimum Gasteiger partial charge on any atom is -0.493 e. The first-order valence-electron chi connectivity index (χ1n) is 9.43. The van der Waals surface area contributed by atoms with E-state index in [0.717, 1.165) is 21.3 Å². The van der Waals surface area contributed by atoms with E-state index in [1.165, 1.54) is 25.4 Å². The van der Waals surface area contributed by atoms with Crippen LogP contribution in [0.1, 0.15) is 28.5 Å². The first kappa shape index (κ1) is 24.0. The lowest BCUT2D eigenvalue weighted by Crippen LogP contribution is -2.25. The third-order valence-corrected chi connectivity index (χ3v) is 6.31. The number of halogens is 3. The maximum absolute atomic E-state index is 13.0. The molecule has 0 atom stereocenters. The summed E-state index contributed by atoms with van der Waals surface area (Å²) < 4.78 is 68.3. The van der Waals surface area contributed by atoms with Crippen LogP contribution in [0.5, 0.6) is 5.88 Å². The summed E-state index contributed by atoms with van der Waals surface area (Å²) in [5, 5.41) is 10.5. The molecule has 13 heteroatoms. The summed E-state index contributed by atoms with van der Waals surface area (Å²) in [5.41, 5.74) is -5.67. The topological polar surface area (TPSA) is 120 Å². The Balaban J connectivity index is 2.03. The number of benzene rings is 1. The van der Waals surface area contributed by atoms with Gasteiger partial charge in [0.25, 0.3) is 9.84 Å². The molecule has 1 N–H and O–H groups in total. The number of rotatable bonds is 6. The number of alkyl halides is 3. The van der Waals surface area contributed by atoms with Gasteiger partial charge in [-0.2, -0.15) is 13.2 Å². The molecule has 0 aliphatic carbocycles. The SMILES string of the molecule is CCOC(=O)c1cnccc1Cn1c(C)c(O)n(-c2ccc(S(=O)(=O)C(F)(F)F)cc2)c1=O. The van der Waals surface area contributed by atoms with E-state index < -0.39 is 37.8 Å². The maximum Gasteiger partial charge on any atom is 0.501 e. The van der Waals surface area contributed by atoms with E-state index in [1.54, 1.807) is 6.92 Å². The van der Waals surface area contributed by atoms with Crippen LogP contribution in [0.4, 0.5) is 13.2 Å². The van der Waals surface area contributed by atoms with Crippen molar-refractivity contribution < 1.29 is 36.2 Å². The molecule has 0 fully saturated rings. The van der Waals surface area contributed by atoms with Crippen molar-refractivity contribution in [3.8, 4) is 11.6 Å². The zero-order valence-electron chi connectivity index (χ0n) is 17.3. The van der Waals surface area contributed by atoms with E-state index in [-0.39, 0.29) is 30.1 Å². The number of hydrogen-bond donors (Lipinski definition) is 1. The standard InChI is InChI=1S/C20H18F3N3O6S/c1-3-32-18(28)16-10-24-9-8-13(16)11-25-12(2)17(27)26(19(25)29)14-4-6-15(7-5-14)33(30,31)20(21,22)23/h4-10,27H,3,11H2,1-2H3. The number of carbonyl (C=O) groups is 1. The summed E-state index contributed by atoms with van der Waals surface area (Å²) >= 11 is 0. The molecule has 1 aromatic carbocycles. The van der Waals surface area contributed by atoms with Gasteiger partial charge in [0, 0.05) is 12.4 Å². The van der Waals surface area contributed by atoms with Crippen LogP contribution < -0.4 is 5.69 Å². The highest BCUT2D eigenvalue weighted by atomic mass is 32.2. The highest BCUT2D eigenvalue weighted by Gasteiger charge is 2.46. The van der Waals surface area contributed by atoms with Gasteiger partial charge in [0.2, 0.25) is 5.88 Å². The number of imidazole rings is 1. The number of carbonyl (C=O) groups excluding carboxylic acids is 1. The Labute approximate surface area is 185 Å². The fourth-order valence-electron chi connectivity index (χ4n) is 3.09. The Morgan fingerprint density at radius 1 is 1.18 bits per heavy atom. The van der Waals surface area contributed by atoms with Crippen molar-refractivity contribution in [2.75, 3.05) is 6.61 Å². The molecule has 176 valence electrons. The van der Waals surface area contributed by atoms with Gasteiger partial charge in [-0.15, -0.1) is 0 Å². The van der Waals surface area contributed by atoms with Gasteiger partial charge >= 0.3 is 17.2 Å². The Hall–Kier alpha value is -3.61. The molecule has 2 aromatic heterocycles. The molecule has 0 spiro atoms. The van der Waals surface area contributed by atoms with Crippen LogP contribution in [0.25, 0.3) is 5.69 Å².